The van der Waals surface area contributed by atoms with Crippen molar-refractivity contribution < 1.29 is 14.0 Å². The van der Waals surface area contributed by atoms with E-state index in [0.717, 1.165) is 0 Å². The van der Waals surface area contributed by atoms with Gasteiger partial charge >= 0.3 is 8.25 Å². The van der Waals surface area contributed by atoms with Gasteiger partial charge in [0.2, 0.25) is 0 Å². The van der Waals surface area contributed by atoms with Crippen molar-refractivity contribution in [3.63, 3.8) is 0 Å². The van der Waals surface area contributed by atoms with Crippen LogP contribution in [0, 0.1) is 12.3 Å². The molecule has 2 unspecified atom stereocenters. The molecule has 0 amide bonds. The van der Waals surface area contributed by atoms with E-state index < -0.39 is 14.4 Å². The Balaban J connectivity index is 3.74. The Labute approximate surface area is 60.7 Å². The average Bonchev–Trinajstić information content (AvgIpc) is 1.86. The van der Waals surface area contributed by atoms with Gasteiger partial charge in [0.25, 0.3) is 0 Å². The molecule has 0 aliphatic rings. The largest absolute Gasteiger partial charge is 0.326 e. The molecular formula is C6H9O3P. The van der Waals surface area contributed by atoms with Crippen molar-refractivity contribution in [2.75, 3.05) is 0 Å². The zero-order chi connectivity index (χ0) is 7.98. The van der Waals surface area contributed by atoms with Gasteiger partial charge in [0.15, 0.2) is 0 Å². The van der Waals surface area contributed by atoms with E-state index in [9.17, 15) is 4.57 Å². The third-order valence-corrected chi connectivity index (χ3v) is 1.30. The molecule has 0 saturated carbocycles. The van der Waals surface area contributed by atoms with E-state index in [-0.39, 0.29) is 0 Å². The number of rotatable bonds is 4. The fourth-order valence-corrected chi connectivity index (χ4v) is 0.831. The van der Waals surface area contributed by atoms with Crippen LogP contribution in [0.15, 0.2) is 12.7 Å². The molecule has 4 heteroatoms. The molecule has 0 rings (SSSR count). The number of terminal acetylenes is 1. The van der Waals surface area contributed by atoms with Crippen LogP contribution in [0.5, 0.6) is 0 Å². The SMILES string of the molecule is C#CC(CC=C)O[PH](=O)O. The van der Waals surface area contributed by atoms with Crippen LogP contribution < -0.4 is 0 Å². The van der Waals surface area contributed by atoms with E-state index in [4.69, 9.17) is 11.3 Å². The molecule has 56 valence electrons. The minimum absolute atomic E-state index is 0.396. The fourth-order valence-electron chi connectivity index (χ4n) is 0.423. The van der Waals surface area contributed by atoms with Crippen LogP contribution in [-0.2, 0) is 9.09 Å². The highest BCUT2D eigenvalue weighted by atomic mass is 31.1. The Bertz CT molecular complexity index is 170. The number of hydrogen-bond acceptors (Lipinski definition) is 2. The highest BCUT2D eigenvalue weighted by Gasteiger charge is 2.03. The van der Waals surface area contributed by atoms with Crippen LogP contribution in [0.2, 0.25) is 0 Å². The van der Waals surface area contributed by atoms with Gasteiger partial charge in [-0.25, -0.2) is 0 Å². The summed E-state index contributed by atoms with van der Waals surface area (Å²) in [7, 11) is -2.91. The minimum Gasteiger partial charge on any atom is -0.326 e. The summed E-state index contributed by atoms with van der Waals surface area (Å²) in [5.41, 5.74) is 0. The van der Waals surface area contributed by atoms with E-state index in [1.54, 1.807) is 0 Å². The topological polar surface area (TPSA) is 46.5 Å². The second kappa shape index (κ2) is 5.25. The van der Waals surface area contributed by atoms with Crippen LogP contribution in [-0.4, -0.2) is 11.0 Å². The van der Waals surface area contributed by atoms with Gasteiger partial charge in [-0.3, -0.25) is 9.09 Å². The van der Waals surface area contributed by atoms with Gasteiger partial charge < -0.3 is 4.89 Å². The van der Waals surface area contributed by atoms with Gasteiger partial charge in [0.05, 0.1) is 0 Å². The molecule has 0 fully saturated rings. The summed E-state index contributed by atoms with van der Waals surface area (Å²) in [5, 5.41) is 0. The summed E-state index contributed by atoms with van der Waals surface area (Å²) in [5.74, 6) is 2.21. The Morgan fingerprint density at radius 2 is 2.60 bits per heavy atom. The van der Waals surface area contributed by atoms with Crippen LogP contribution >= 0.6 is 8.25 Å². The molecule has 0 saturated heterocycles. The van der Waals surface area contributed by atoms with Crippen LogP contribution in [0.25, 0.3) is 0 Å². The Hall–Kier alpha value is -0.550. The summed E-state index contributed by atoms with van der Waals surface area (Å²) < 4.78 is 14.5. The monoisotopic (exact) mass is 160 g/mol. The van der Waals surface area contributed by atoms with E-state index in [1.165, 1.54) is 6.08 Å². The van der Waals surface area contributed by atoms with E-state index in [1.807, 2.05) is 0 Å². The quantitative estimate of drug-likeness (QED) is 0.378. The first-order chi connectivity index (χ1) is 4.70. The second-order valence-electron chi connectivity index (χ2n) is 1.56. The summed E-state index contributed by atoms with van der Waals surface area (Å²) >= 11 is 0. The lowest BCUT2D eigenvalue weighted by Crippen LogP contribution is -2.02. The second-order valence-corrected chi connectivity index (χ2v) is 2.33. The van der Waals surface area contributed by atoms with Crippen molar-refractivity contribution in [1.82, 2.24) is 0 Å². The summed E-state index contributed by atoms with van der Waals surface area (Å²) in [6, 6.07) is 0. The lowest BCUT2D eigenvalue weighted by Gasteiger charge is -2.04. The van der Waals surface area contributed by atoms with Gasteiger partial charge in [0.1, 0.15) is 6.10 Å². The highest BCUT2D eigenvalue weighted by molar-refractivity contribution is 7.32. The maximum Gasteiger partial charge on any atom is 0.317 e. The van der Waals surface area contributed by atoms with Gasteiger partial charge in [-0.1, -0.05) is 12.0 Å². The van der Waals surface area contributed by atoms with E-state index in [0.29, 0.717) is 6.42 Å². The molecule has 3 nitrogen and oxygen atoms in total. The van der Waals surface area contributed by atoms with Gasteiger partial charge in [-0.15, -0.1) is 13.0 Å². The Morgan fingerprint density at radius 1 is 2.00 bits per heavy atom. The van der Waals surface area contributed by atoms with Crippen molar-refractivity contribution >= 4 is 8.25 Å². The zero-order valence-electron chi connectivity index (χ0n) is 5.41. The Kier molecular flexibility index (Phi) is 4.96. The standard InChI is InChI=1S/C6H9O3P/c1-3-5-6(4-2)9-10(7)8/h2-3,6,10H,1,5H2,(H,7,8). The summed E-state index contributed by atoms with van der Waals surface area (Å²) in [6.45, 7) is 3.41. The summed E-state index contributed by atoms with van der Waals surface area (Å²) in [6.07, 6.45) is 6.27. The zero-order valence-corrected chi connectivity index (χ0v) is 6.41. The Morgan fingerprint density at radius 3 is 2.90 bits per heavy atom. The first kappa shape index (κ1) is 9.45. The average molecular weight is 160 g/mol. The van der Waals surface area contributed by atoms with Crippen molar-refractivity contribution in [1.29, 1.82) is 0 Å². The molecule has 0 spiro atoms. The molecule has 10 heavy (non-hydrogen) atoms. The predicted octanol–water partition coefficient (Wildman–Crippen LogP) is 0.963. The van der Waals surface area contributed by atoms with Gasteiger partial charge in [-0.05, 0) is 0 Å². The maximum absolute atomic E-state index is 10.1. The highest BCUT2D eigenvalue weighted by Crippen LogP contribution is 2.19. The maximum atomic E-state index is 10.1. The predicted molar refractivity (Wildman–Crippen MR) is 39.7 cm³/mol. The first-order valence-electron chi connectivity index (χ1n) is 2.67. The fraction of sp³-hybridized carbons (Fsp3) is 0.333. The molecule has 2 atom stereocenters. The molecule has 0 aliphatic heterocycles. The smallest absolute Gasteiger partial charge is 0.317 e. The summed E-state index contributed by atoms with van der Waals surface area (Å²) in [4.78, 5) is 8.27. The molecule has 0 heterocycles. The van der Waals surface area contributed by atoms with E-state index >= 15 is 0 Å². The molecule has 0 aromatic carbocycles. The van der Waals surface area contributed by atoms with Gasteiger partial charge in [0, 0.05) is 6.42 Å². The van der Waals surface area contributed by atoms with Gasteiger partial charge in [-0.2, -0.15) is 0 Å². The normalized spacial score (nSPS) is 15.2. The number of hydrogen-bond donors (Lipinski definition) is 1. The molecular weight excluding hydrogens is 151 g/mol. The lowest BCUT2D eigenvalue weighted by molar-refractivity contribution is 0.239. The lowest BCUT2D eigenvalue weighted by atomic mass is 10.3. The molecule has 1 N–H and O–H groups in total. The van der Waals surface area contributed by atoms with Crippen molar-refractivity contribution in [2.24, 2.45) is 0 Å². The first-order valence-corrected chi connectivity index (χ1v) is 3.93. The molecule has 0 aromatic rings. The molecule has 0 radical (unpaired) electrons. The third-order valence-electron chi connectivity index (χ3n) is 0.810. The third kappa shape index (κ3) is 4.34. The van der Waals surface area contributed by atoms with Crippen molar-refractivity contribution in [3.05, 3.63) is 12.7 Å². The van der Waals surface area contributed by atoms with Crippen molar-refractivity contribution in [3.8, 4) is 12.3 Å². The van der Waals surface area contributed by atoms with Crippen LogP contribution in [0.3, 0.4) is 0 Å². The molecule has 0 aliphatic carbocycles. The molecule has 0 aromatic heterocycles. The van der Waals surface area contributed by atoms with Crippen LogP contribution in [0.1, 0.15) is 6.42 Å². The van der Waals surface area contributed by atoms with Crippen LogP contribution in [0.4, 0.5) is 0 Å². The van der Waals surface area contributed by atoms with E-state index in [2.05, 4.69) is 17.0 Å². The minimum atomic E-state index is -2.91. The van der Waals surface area contributed by atoms with Crippen molar-refractivity contribution in [2.45, 2.75) is 12.5 Å². The molecule has 0 bridgehead atoms.